The van der Waals surface area contributed by atoms with Gasteiger partial charge in [0.1, 0.15) is 0 Å². The minimum atomic E-state index is 0.710. The van der Waals surface area contributed by atoms with E-state index in [1.165, 1.54) is 4.88 Å². The van der Waals surface area contributed by atoms with Crippen LogP contribution < -0.4 is 5.32 Å². The Kier molecular flexibility index (Phi) is 3.65. The number of benzene rings is 1. The molecular formula is C12H11N3S. The second-order valence-corrected chi connectivity index (χ2v) is 4.31. The van der Waals surface area contributed by atoms with Gasteiger partial charge in [-0.05, 0) is 11.6 Å². The van der Waals surface area contributed by atoms with Crippen molar-refractivity contribution >= 4 is 11.3 Å². The molecule has 0 spiro atoms. The summed E-state index contributed by atoms with van der Waals surface area (Å²) in [6.45, 7) is 1.51. The van der Waals surface area contributed by atoms with E-state index in [1.807, 2.05) is 36.0 Å². The number of nitrogens with zero attached hydrogens (tertiary/aromatic N) is 2. The monoisotopic (exact) mass is 229 g/mol. The number of hydrogen-bond donors (Lipinski definition) is 1. The quantitative estimate of drug-likeness (QED) is 0.875. The van der Waals surface area contributed by atoms with Gasteiger partial charge in [-0.2, -0.15) is 5.26 Å². The summed E-state index contributed by atoms with van der Waals surface area (Å²) in [4.78, 5) is 5.21. The third-order valence-corrected chi connectivity index (χ3v) is 3.02. The molecule has 4 heteroatoms. The summed E-state index contributed by atoms with van der Waals surface area (Å²) in [5.41, 5.74) is 3.59. The first-order valence-corrected chi connectivity index (χ1v) is 5.84. The standard InChI is InChI=1S/C12H11N3S/c13-5-10-3-1-2-4-11(10)6-14-7-12-8-15-9-16-12/h1-4,8-9,14H,6-7H2. The molecule has 0 aliphatic heterocycles. The predicted molar refractivity (Wildman–Crippen MR) is 63.8 cm³/mol. The van der Waals surface area contributed by atoms with E-state index in [4.69, 9.17) is 5.26 Å². The van der Waals surface area contributed by atoms with Gasteiger partial charge >= 0.3 is 0 Å². The van der Waals surface area contributed by atoms with E-state index in [0.29, 0.717) is 6.54 Å². The van der Waals surface area contributed by atoms with E-state index < -0.39 is 0 Å². The van der Waals surface area contributed by atoms with Gasteiger partial charge in [-0.25, -0.2) is 0 Å². The van der Waals surface area contributed by atoms with Crippen molar-refractivity contribution in [3.63, 3.8) is 0 Å². The van der Waals surface area contributed by atoms with Gasteiger partial charge in [-0.1, -0.05) is 18.2 Å². The molecule has 0 amide bonds. The molecule has 3 nitrogen and oxygen atoms in total. The molecule has 2 aromatic rings. The molecule has 0 radical (unpaired) electrons. The second-order valence-electron chi connectivity index (χ2n) is 3.34. The Morgan fingerprint density at radius 2 is 2.19 bits per heavy atom. The molecular weight excluding hydrogens is 218 g/mol. The molecule has 16 heavy (non-hydrogen) atoms. The van der Waals surface area contributed by atoms with Gasteiger partial charge in [0.25, 0.3) is 0 Å². The van der Waals surface area contributed by atoms with Crippen LogP contribution in [0.4, 0.5) is 0 Å². The Labute approximate surface area is 98.4 Å². The first-order chi connectivity index (χ1) is 7.90. The van der Waals surface area contributed by atoms with E-state index in [-0.39, 0.29) is 0 Å². The lowest BCUT2D eigenvalue weighted by Crippen LogP contribution is -2.12. The van der Waals surface area contributed by atoms with Crippen LogP contribution in [0.2, 0.25) is 0 Å². The van der Waals surface area contributed by atoms with Gasteiger partial charge in [0.2, 0.25) is 0 Å². The molecule has 80 valence electrons. The van der Waals surface area contributed by atoms with Crippen molar-refractivity contribution < 1.29 is 0 Å². The Hall–Kier alpha value is -1.70. The average molecular weight is 229 g/mol. The van der Waals surface area contributed by atoms with Crippen molar-refractivity contribution in [1.82, 2.24) is 10.3 Å². The topological polar surface area (TPSA) is 48.7 Å². The summed E-state index contributed by atoms with van der Waals surface area (Å²) >= 11 is 1.63. The lowest BCUT2D eigenvalue weighted by atomic mass is 10.1. The van der Waals surface area contributed by atoms with Gasteiger partial charge in [-0.3, -0.25) is 4.98 Å². The summed E-state index contributed by atoms with van der Waals surface area (Å²) in [5, 5.41) is 12.2. The molecule has 0 atom stereocenters. The molecule has 0 aliphatic rings. The first-order valence-electron chi connectivity index (χ1n) is 4.96. The zero-order valence-corrected chi connectivity index (χ0v) is 9.50. The summed E-state index contributed by atoms with van der Waals surface area (Å²) in [7, 11) is 0. The Morgan fingerprint density at radius 3 is 2.94 bits per heavy atom. The van der Waals surface area contributed by atoms with Crippen LogP contribution in [0.5, 0.6) is 0 Å². The number of rotatable bonds is 4. The van der Waals surface area contributed by atoms with Gasteiger partial charge in [0.05, 0.1) is 17.1 Å². The molecule has 0 bridgehead atoms. The van der Waals surface area contributed by atoms with E-state index >= 15 is 0 Å². The van der Waals surface area contributed by atoms with Crippen LogP contribution in [-0.4, -0.2) is 4.98 Å². The van der Waals surface area contributed by atoms with Crippen molar-refractivity contribution in [3.8, 4) is 6.07 Å². The molecule has 1 aromatic heterocycles. The Morgan fingerprint density at radius 1 is 1.31 bits per heavy atom. The molecule has 0 aliphatic carbocycles. The lowest BCUT2D eigenvalue weighted by molar-refractivity contribution is 0.699. The fourth-order valence-corrected chi connectivity index (χ4v) is 2.00. The van der Waals surface area contributed by atoms with Crippen LogP contribution in [0.1, 0.15) is 16.0 Å². The molecule has 0 unspecified atom stereocenters. The fraction of sp³-hybridized carbons (Fsp3) is 0.167. The van der Waals surface area contributed by atoms with Crippen molar-refractivity contribution in [1.29, 1.82) is 5.26 Å². The number of hydrogen-bond acceptors (Lipinski definition) is 4. The molecule has 2 rings (SSSR count). The van der Waals surface area contributed by atoms with Crippen molar-refractivity contribution in [2.75, 3.05) is 0 Å². The van der Waals surface area contributed by atoms with Crippen LogP contribution in [-0.2, 0) is 13.1 Å². The van der Waals surface area contributed by atoms with Crippen molar-refractivity contribution in [2.45, 2.75) is 13.1 Å². The number of nitrogens with one attached hydrogen (secondary N) is 1. The predicted octanol–water partition coefficient (Wildman–Crippen LogP) is 2.30. The summed E-state index contributed by atoms with van der Waals surface area (Å²) in [5.74, 6) is 0. The molecule has 0 saturated heterocycles. The fourth-order valence-electron chi connectivity index (χ4n) is 1.43. The van der Waals surface area contributed by atoms with E-state index in [9.17, 15) is 0 Å². The number of nitriles is 1. The van der Waals surface area contributed by atoms with Crippen molar-refractivity contribution in [3.05, 3.63) is 52.0 Å². The van der Waals surface area contributed by atoms with Gasteiger partial charge in [-0.15, -0.1) is 11.3 Å². The number of thiazole rings is 1. The van der Waals surface area contributed by atoms with E-state index in [2.05, 4.69) is 16.4 Å². The second kappa shape index (κ2) is 5.40. The largest absolute Gasteiger partial charge is 0.308 e. The van der Waals surface area contributed by atoms with Gasteiger partial charge < -0.3 is 5.32 Å². The van der Waals surface area contributed by atoms with E-state index in [0.717, 1.165) is 17.7 Å². The summed E-state index contributed by atoms with van der Waals surface area (Å²) in [6, 6.07) is 9.83. The summed E-state index contributed by atoms with van der Waals surface area (Å²) < 4.78 is 0. The maximum atomic E-state index is 8.92. The normalized spacial score (nSPS) is 9.94. The average Bonchev–Trinajstić information content (AvgIpc) is 2.83. The highest BCUT2D eigenvalue weighted by Crippen LogP contribution is 2.08. The molecule has 0 saturated carbocycles. The smallest absolute Gasteiger partial charge is 0.0995 e. The third kappa shape index (κ3) is 2.66. The lowest BCUT2D eigenvalue weighted by Gasteiger charge is -2.04. The zero-order valence-electron chi connectivity index (χ0n) is 8.68. The van der Waals surface area contributed by atoms with Gasteiger partial charge in [0, 0.05) is 24.2 Å². The minimum absolute atomic E-state index is 0.710. The molecule has 1 heterocycles. The first kappa shape index (κ1) is 10.8. The van der Waals surface area contributed by atoms with E-state index in [1.54, 1.807) is 11.3 Å². The van der Waals surface area contributed by atoms with Crippen LogP contribution in [0.3, 0.4) is 0 Å². The Bertz CT molecular complexity index is 485. The zero-order chi connectivity index (χ0) is 11.2. The highest BCUT2D eigenvalue weighted by Gasteiger charge is 2.00. The Balaban J connectivity index is 1.93. The van der Waals surface area contributed by atoms with Crippen molar-refractivity contribution in [2.24, 2.45) is 0 Å². The maximum Gasteiger partial charge on any atom is 0.0995 e. The minimum Gasteiger partial charge on any atom is -0.308 e. The van der Waals surface area contributed by atoms with Crippen LogP contribution in [0.25, 0.3) is 0 Å². The molecule has 1 N–H and O–H groups in total. The molecule has 1 aromatic carbocycles. The molecule has 0 fully saturated rings. The highest BCUT2D eigenvalue weighted by molar-refractivity contribution is 7.09. The third-order valence-electron chi connectivity index (χ3n) is 2.24. The van der Waals surface area contributed by atoms with Crippen LogP contribution >= 0.6 is 11.3 Å². The maximum absolute atomic E-state index is 8.92. The summed E-state index contributed by atoms with van der Waals surface area (Å²) in [6.07, 6.45) is 1.86. The number of aromatic nitrogens is 1. The van der Waals surface area contributed by atoms with Gasteiger partial charge in [0.15, 0.2) is 0 Å². The SMILES string of the molecule is N#Cc1ccccc1CNCc1cncs1. The highest BCUT2D eigenvalue weighted by atomic mass is 32.1. The van der Waals surface area contributed by atoms with Crippen LogP contribution in [0.15, 0.2) is 36.0 Å². The van der Waals surface area contributed by atoms with Crippen LogP contribution in [0, 0.1) is 11.3 Å².